The van der Waals surface area contributed by atoms with Crippen LogP contribution in [0.15, 0.2) is 12.3 Å². The molecule has 2 heterocycles. The predicted molar refractivity (Wildman–Crippen MR) is 72.6 cm³/mol. The predicted octanol–water partition coefficient (Wildman–Crippen LogP) is 2.35. The van der Waals surface area contributed by atoms with Crippen LogP contribution in [0.1, 0.15) is 31.0 Å². The van der Waals surface area contributed by atoms with E-state index in [-0.39, 0.29) is 0 Å². The van der Waals surface area contributed by atoms with Gasteiger partial charge in [-0.1, -0.05) is 13.8 Å². The average molecular weight is 245 g/mol. The topological polar surface area (TPSA) is 55.6 Å². The van der Waals surface area contributed by atoms with Crippen LogP contribution in [0.5, 0.6) is 0 Å². The molecule has 96 valence electrons. The van der Waals surface area contributed by atoms with E-state index in [9.17, 15) is 0 Å². The number of aryl methyl sites for hydroxylation is 2. The lowest BCUT2D eigenvalue weighted by molar-refractivity contribution is 0.767. The highest BCUT2D eigenvalue weighted by Crippen LogP contribution is 2.27. The molecule has 2 aromatic heterocycles. The Labute approximate surface area is 107 Å². The normalized spacial score (nSPS) is 11.0. The van der Waals surface area contributed by atoms with E-state index in [1.165, 1.54) is 0 Å². The fourth-order valence-corrected chi connectivity index (χ4v) is 2.11. The lowest BCUT2D eigenvalue weighted by atomic mass is 10.0. The van der Waals surface area contributed by atoms with Crippen LogP contribution >= 0.6 is 0 Å². The molecule has 18 heavy (non-hydrogen) atoms. The first-order valence-electron chi connectivity index (χ1n) is 6.09. The van der Waals surface area contributed by atoms with Gasteiger partial charge in [-0.3, -0.25) is 4.68 Å². The number of rotatable bonds is 3. The lowest BCUT2D eigenvalue weighted by Gasteiger charge is -2.14. The third kappa shape index (κ3) is 2.20. The van der Waals surface area contributed by atoms with Gasteiger partial charge in [-0.05, 0) is 18.9 Å². The summed E-state index contributed by atoms with van der Waals surface area (Å²) in [5.41, 5.74) is 2.97. The van der Waals surface area contributed by atoms with Crippen molar-refractivity contribution >= 4 is 5.82 Å². The monoisotopic (exact) mass is 245 g/mol. The highest BCUT2D eigenvalue weighted by Gasteiger charge is 2.15. The Balaban J connectivity index is 2.55. The zero-order chi connectivity index (χ0) is 13.3. The molecule has 5 heteroatoms. The van der Waals surface area contributed by atoms with Crippen molar-refractivity contribution in [1.29, 1.82) is 0 Å². The van der Waals surface area contributed by atoms with Crippen molar-refractivity contribution in [3.63, 3.8) is 0 Å². The number of hydrogen-bond donors (Lipinski definition) is 1. The number of hydrogen-bond acceptors (Lipinski definition) is 4. The van der Waals surface area contributed by atoms with E-state index in [2.05, 4.69) is 34.2 Å². The Kier molecular flexibility index (Phi) is 3.32. The zero-order valence-electron chi connectivity index (χ0n) is 11.5. The molecule has 0 spiro atoms. The highest BCUT2D eigenvalue weighted by molar-refractivity contribution is 5.56. The molecule has 0 aliphatic rings. The van der Waals surface area contributed by atoms with Crippen LogP contribution in [-0.4, -0.2) is 26.8 Å². The summed E-state index contributed by atoms with van der Waals surface area (Å²) in [6.45, 7) is 6.31. The Morgan fingerprint density at radius 3 is 2.50 bits per heavy atom. The first-order valence-corrected chi connectivity index (χ1v) is 6.09. The molecule has 1 N–H and O–H groups in total. The molecule has 0 aromatic carbocycles. The van der Waals surface area contributed by atoms with Gasteiger partial charge in [0.2, 0.25) is 0 Å². The van der Waals surface area contributed by atoms with Crippen LogP contribution in [-0.2, 0) is 7.05 Å². The van der Waals surface area contributed by atoms with Crippen molar-refractivity contribution in [1.82, 2.24) is 19.7 Å². The Morgan fingerprint density at radius 1 is 1.28 bits per heavy atom. The molecule has 0 fully saturated rings. The molecule has 2 rings (SSSR count). The van der Waals surface area contributed by atoms with Crippen molar-refractivity contribution < 1.29 is 0 Å². The minimum Gasteiger partial charge on any atom is -0.373 e. The smallest absolute Gasteiger partial charge is 0.182 e. The van der Waals surface area contributed by atoms with E-state index in [1.807, 2.05) is 33.3 Å². The van der Waals surface area contributed by atoms with Crippen molar-refractivity contribution in [2.24, 2.45) is 7.05 Å². The number of aromatic nitrogens is 4. The summed E-state index contributed by atoms with van der Waals surface area (Å²) in [5.74, 6) is 1.95. The molecule has 0 aliphatic carbocycles. The third-order valence-electron chi connectivity index (χ3n) is 2.89. The molecule has 5 nitrogen and oxygen atoms in total. The van der Waals surface area contributed by atoms with E-state index in [4.69, 9.17) is 0 Å². The van der Waals surface area contributed by atoms with Crippen LogP contribution in [0, 0.1) is 6.92 Å². The first-order chi connectivity index (χ1) is 8.52. The number of nitrogens with one attached hydrogen (secondary N) is 1. The molecule has 0 saturated heterocycles. The Morgan fingerprint density at radius 2 is 2.00 bits per heavy atom. The van der Waals surface area contributed by atoms with Gasteiger partial charge in [-0.15, -0.1) is 0 Å². The van der Waals surface area contributed by atoms with Gasteiger partial charge in [0.15, 0.2) is 5.82 Å². The summed E-state index contributed by atoms with van der Waals surface area (Å²) < 4.78 is 1.75. The van der Waals surface area contributed by atoms with Crippen LogP contribution < -0.4 is 5.32 Å². The van der Waals surface area contributed by atoms with Crippen LogP contribution in [0.2, 0.25) is 0 Å². The second kappa shape index (κ2) is 4.76. The second-order valence-electron chi connectivity index (χ2n) is 4.67. The molecule has 0 aliphatic heterocycles. The fraction of sp³-hybridized carbons (Fsp3) is 0.462. The van der Waals surface area contributed by atoms with Crippen LogP contribution in [0.4, 0.5) is 5.82 Å². The maximum atomic E-state index is 4.56. The molecule has 2 aromatic rings. The average Bonchev–Trinajstić information content (AvgIpc) is 2.74. The van der Waals surface area contributed by atoms with Gasteiger partial charge in [0.25, 0.3) is 0 Å². The van der Waals surface area contributed by atoms with Gasteiger partial charge in [0, 0.05) is 31.5 Å². The van der Waals surface area contributed by atoms with Crippen molar-refractivity contribution in [2.45, 2.75) is 26.7 Å². The molecule has 0 unspecified atom stereocenters. The maximum Gasteiger partial charge on any atom is 0.182 e. The van der Waals surface area contributed by atoms with E-state index in [0.29, 0.717) is 11.7 Å². The minimum atomic E-state index is 0.394. The van der Waals surface area contributed by atoms with Gasteiger partial charge in [0.1, 0.15) is 11.5 Å². The maximum absolute atomic E-state index is 4.56. The van der Waals surface area contributed by atoms with Crippen LogP contribution in [0.25, 0.3) is 11.5 Å². The summed E-state index contributed by atoms with van der Waals surface area (Å²) in [7, 11) is 3.77. The van der Waals surface area contributed by atoms with Gasteiger partial charge < -0.3 is 5.32 Å². The SMILES string of the molecule is CNc1nc(-c2ccn(C)n2)nc(C)c1C(C)C. The summed E-state index contributed by atoms with van der Waals surface area (Å²) >= 11 is 0. The fourth-order valence-electron chi connectivity index (χ4n) is 2.11. The number of anilines is 1. The van der Waals surface area contributed by atoms with Crippen molar-refractivity contribution in [3.8, 4) is 11.5 Å². The van der Waals surface area contributed by atoms with E-state index < -0.39 is 0 Å². The largest absolute Gasteiger partial charge is 0.373 e. The van der Waals surface area contributed by atoms with E-state index in [1.54, 1.807) is 4.68 Å². The van der Waals surface area contributed by atoms with Gasteiger partial charge in [-0.25, -0.2) is 9.97 Å². The molecule has 0 atom stereocenters. The summed E-state index contributed by atoms with van der Waals surface area (Å²) in [6.07, 6.45) is 1.89. The van der Waals surface area contributed by atoms with Gasteiger partial charge >= 0.3 is 0 Å². The van der Waals surface area contributed by atoms with Crippen molar-refractivity contribution in [3.05, 3.63) is 23.5 Å². The van der Waals surface area contributed by atoms with Gasteiger partial charge in [-0.2, -0.15) is 5.10 Å². The van der Waals surface area contributed by atoms with Crippen molar-refractivity contribution in [2.75, 3.05) is 12.4 Å². The Bertz CT molecular complexity index is 557. The second-order valence-corrected chi connectivity index (χ2v) is 4.67. The quantitative estimate of drug-likeness (QED) is 0.901. The van der Waals surface area contributed by atoms with E-state index in [0.717, 1.165) is 22.8 Å². The summed E-state index contributed by atoms with van der Waals surface area (Å²) in [5, 5.41) is 7.48. The summed E-state index contributed by atoms with van der Waals surface area (Å²) in [6, 6.07) is 1.92. The minimum absolute atomic E-state index is 0.394. The van der Waals surface area contributed by atoms with Gasteiger partial charge in [0.05, 0.1) is 0 Å². The Hall–Kier alpha value is -1.91. The highest BCUT2D eigenvalue weighted by atomic mass is 15.3. The molecule has 0 radical (unpaired) electrons. The molecular weight excluding hydrogens is 226 g/mol. The molecule has 0 amide bonds. The molecular formula is C13H19N5. The zero-order valence-corrected chi connectivity index (χ0v) is 11.5. The third-order valence-corrected chi connectivity index (χ3v) is 2.89. The van der Waals surface area contributed by atoms with E-state index >= 15 is 0 Å². The summed E-state index contributed by atoms with van der Waals surface area (Å²) in [4.78, 5) is 9.12. The number of nitrogens with zero attached hydrogens (tertiary/aromatic N) is 4. The molecule has 0 saturated carbocycles. The standard InChI is InChI=1S/C13H19N5/c1-8(2)11-9(3)15-12(16-13(11)14-4)10-6-7-18(5)17-10/h6-8H,1-5H3,(H,14,15,16). The lowest BCUT2D eigenvalue weighted by Crippen LogP contribution is -2.07. The first kappa shape index (κ1) is 12.5. The molecule has 0 bridgehead atoms. The van der Waals surface area contributed by atoms with Crippen LogP contribution in [0.3, 0.4) is 0 Å².